The molecule has 0 aromatic rings. The third-order valence-electron chi connectivity index (χ3n) is 2.12. The van der Waals surface area contributed by atoms with Crippen molar-refractivity contribution < 1.29 is 0 Å². The van der Waals surface area contributed by atoms with Gasteiger partial charge in [0.05, 0.1) is 0 Å². The van der Waals surface area contributed by atoms with E-state index in [0.29, 0.717) is 26.2 Å². The maximum atomic E-state index is 5.70. The van der Waals surface area contributed by atoms with Crippen molar-refractivity contribution in [1.29, 1.82) is 0 Å². The Morgan fingerprint density at radius 2 is 0.929 bits per heavy atom. The van der Waals surface area contributed by atoms with Gasteiger partial charge in [-0.15, -0.1) is 0 Å². The molecule has 0 aromatic carbocycles. The Bertz CT molecular complexity index is 258. The van der Waals surface area contributed by atoms with Crippen LogP contribution in [0, 0.1) is 0 Å². The summed E-state index contributed by atoms with van der Waals surface area (Å²) in [4.78, 5) is 0. The molecule has 14 heavy (non-hydrogen) atoms. The molecule has 1 fully saturated rings. The second kappa shape index (κ2) is 4.51. The molecular formula is C4H16N6P2S2. The first-order valence-electron chi connectivity index (χ1n) is 4.06. The van der Waals surface area contributed by atoms with Gasteiger partial charge < -0.3 is 0 Å². The lowest BCUT2D eigenvalue weighted by molar-refractivity contribution is 0.292. The monoisotopic (exact) mass is 274 g/mol. The molecule has 1 heterocycles. The number of nitrogens with two attached hydrogens (primary N) is 4. The minimum atomic E-state index is -2.28. The average molecular weight is 274 g/mol. The highest BCUT2D eigenvalue weighted by Gasteiger charge is 2.27. The fraction of sp³-hybridized carbons (Fsp3) is 1.00. The van der Waals surface area contributed by atoms with E-state index in [1.165, 1.54) is 0 Å². The Hall–Kier alpha value is 1.06. The fourth-order valence-corrected chi connectivity index (χ4v) is 3.90. The Kier molecular flexibility index (Phi) is 4.23. The molecule has 0 unspecified atom stereocenters. The lowest BCUT2D eigenvalue weighted by Crippen LogP contribution is -2.47. The van der Waals surface area contributed by atoms with Gasteiger partial charge in [0.2, 0.25) is 0 Å². The second-order valence-electron chi connectivity index (χ2n) is 3.25. The summed E-state index contributed by atoms with van der Waals surface area (Å²) in [6, 6.07) is 0. The SMILES string of the molecule is NP(N)(=S)N1CCN(P(N)(N)=S)CC1. The summed E-state index contributed by atoms with van der Waals surface area (Å²) in [6.45, 7) is -1.74. The Morgan fingerprint density at radius 3 is 1.07 bits per heavy atom. The number of piperazine rings is 1. The lowest BCUT2D eigenvalue weighted by atomic mass is 10.4. The highest BCUT2D eigenvalue weighted by molar-refractivity contribution is 8.11. The molecule has 1 saturated heterocycles. The smallest absolute Gasteiger partial charge is 0.135 e. The van der Waals surface area contributed by atoms with Gasteiger partial charge in [-0.05, 0) is 23.6 Å². The maximum Gasteiger partial charge on any atom is 0.135 e. The fourth-order valence-electron chi connectivity index (χ4n) is 1.31. The molecule has 84 valence electrons. The number of hydrogen-bond donors (Lipinski definition) is 4. The zero-order valence-electron chi connectivity index (χ0n) is 7.74. The molecule has 0 aromatic heterocycles. The number of rotatable bonds is 2. The van der Waals surface area contributed by atoms with Crippen molar-refractivity contribution in [2.75, 3.05) is 26.2 Å². The van der Waals surface area contributed by atoms with Gasteiger partial charge in [-0.1, -0.05) is 0 Å². The summed E-state index contributed by atoms with van der Waals surface area (Å²) < 4.78 is 3.84. The molecule has 0 saturated carbocycles. The normalized spacial score (nSPS) is 22.6. The van der Waals surface area contributed by atoms with Gasteiger partial charge in [0.1, 0.15) is 13.0 Å². The Balaban J connectivity index is 2.56. The van der Waals surface area contributed by atoms with E-state index >= 15 is 0 Å². The summed E-state index contributed by atoms with van der Waals surface area (Å²) in [6.07, 6.45) is 0. The molecule has 0 atom stereocenters. The van der Waals surface area contributed by atoms with Crippen LogP contribution >= 0.6 is 13.0 Å². The number of hydrogen-bond acceptors (Lipinski definition) is 2. The summed E-state index contributed by atoms with van der Waals surface area (Å²) in [7, 11) is 0. The van der Waals surface area contributed by atoms with E-state index in [-0.39, 0.29) is 0 Å². The zero-order valence-corrected chi connectivity index (χ0v) is 11.2. The summed E-state index contributed by atoms with van der Waals surface area (Å²) in [5, 5.41) is 0. The van der Waals surface area contributed by atoms with Gasteiger partial charge in [0.15, 0.2) is 0 Å². The van der Waals surface area contributed by atoms with Crippen molar-refractivity contribution >= 4 is 36.6 Å². The Morgan fingerprint density at radius 1 is 0.714 bits per heavy atom. The van der Waals surface area contributed by atoms with Crippen LogP contribution in [0.15, 0.2) is 0 Å². The molecule has 0 bridgehead atoms. The van der Waals surface area contributed by atoms with Crippen molar-refractivity contribution in [2.24, 2.45) is 22.0 Å². The summed E-state index contributed by atoms with van der Waals surface area (Å²) >= 11 is 10.1. The van der Waals surface area contributed by atoms with Crippen LogP contribution in [0.1, 0.15) is 0 Å². The van der Waals surface area contributed by atoms with Gasteiger partial charge >= 0.3 is 0 Å². The minimum Gasteiger partial charge on any atom is -0.279 e. The van der Waals surface area contributed by atoms with Crippen molar-refractivity contribution in [3.8, 4) is 0 Å². The van der Waals surface area contributed by atoms with E-state index in [1.54, 1.807) is 0 Å². The first kappa shape index (κ1) is 13.1. The molecule has 1 aliphatic rings. The van der Waals surface area contributed by atoms with Gasteiger partial charge in [0.25, 0.3) is 0 Å². The molecule has 1 rings (SSSR count). The summed E-state index contributed by atoms with van der Waals surface area (Å²) in [5.41, 5.74) is 22.8. The van der Waals surface area contributed by atoms with Crippen molar-refractivity contribution in [1.82, 2.24) is 9.34 Å². The first-order valence-corrected chi connectivity index (χ1v) is 9.85. The van der Waals surface area contributed by atoms with E-state index in [1.807, 2.05) is 9.34 Å². The highest BCUT2D eigenvalue weighted by Crippen LogP contribution is 2.38. The molecule has 0 aliphatic carbocycles. The standard InChI is InChI=1S/C4H16N6P2S2/c5-11(6,13)9-1-2-10(4-3-9)12(7,8)14/h1-4H2,(H4,5,6,13)(H4,7,8,14). The van der Waals surface area contributed by atoms with Crippen LogP contribution in [0.3, 0.4) is 0 Å². The zero-order chi connectivity index (χ0) is 11.0. The van der Waals surface area contributed by atoms with Crippen molar-refractivity contribution in [2.45, 2.75) is 0 Å². The average Bonchev–Trinajstić information content (AvgIpc) is 2.01. The predicted molar refractivity (Wildman–Crippen MR) is 68.5 cm³/mol. The van der Waals surface area contributed by atoms with Crippen LogP contribution in [0.25, 0.3) is 0 Å². The molecular weight excluding hydrogens is 258 g/mol. The Labute approximate surface area is 94.3 Å². The van der Waals surface area contributed by atoms with E-state index in [2.05, 4.69) is 0 Å². The maximum absolute atomic E-state index is 5.70. The molecule has 10 heteroatoms. The predicted octanol–water partition coefficient (Wildman–Crippen LogP) is -1.11. The molecule has 6 nitrogen and oxygen atoms in total. The number of nitrogens with zero attached hydrogens (tertiary/aromatic N) is 2. The van der Waals surface area contributed by atoms with Crippen LogP contribution < -0.4 is 22.0 Å². The highest BCUT2D eigenvalue weighted by atomic mass is 32.5. The topological polar surface area (TPSA) is 111 Å². The van der Waals surface area contributed by atoms with Crippen LogP contribution in [0.2, 0.25) is 0 Å². The van der Waals surface area contributed by atoms with E-state index < -0.39 is 13.0 Å². The second-order valence-corrected chi connectivity index (χ2v) is 10.6. The van der Waals surface area contributed by atoms with Crippen LogP contribution in [0.4, 0.5) is 0 Å². The molecule has 8 N–H and O–H groups in total. The van der Waals surface area contributed by atoms with Crippen LogP contribution in [-0.4, -0.2) is 35.5 Å². The van der Waals surface area contributed by atoms with Crippen molar-refractivity contribution in [3.05, 3.63) is 0 Å². The summed E-state index contributed by atoms with van der Waals surface area (Å²) in [5.74, 6) is 0. The van der Waals surface area contributed by atoms with Gasteiger partial charge in [-0.3, -0.25) is 22.0 Å². The van der Waals surface area contributed by atoms with Gasteiger partial charge in [-0.2, -0.15) is 0 Å². The van der Waals surface area contributed by atoms with Crippen LogP contribution in [0.5, 0.6) is 0 Å². The first-order chi connectivity index (χ1) is 6.21. The third-order valence-corrected chi connectivity index (χ3v) is 6.07. The van der Waals surface area contributed by atoms with E-state index in [0.717, 1.165) is 0 Å². The largest absolute Gasteiger partial charge is 0.279 e. The van der Waals surface area contributed by atoms with Gasteiger partial charge in [-0.25, -0.2) is 9.34 Å². The molecule has 1 aliphatic heterocycles. The van der Waals surface area contributed by atoms with Crippen LogP contribution in [-0.2, 0) is 23.6 Å². The quantitative estimate of drug-likeness (QED) is 0.469. The minimum absolute atomic E-state index is 0.705. The molecule has 0 spiro atoms. The molecule has 0 radical (unpaired) electrons. The third kappa shape index (κ3) is 3.57. The van der Waals surface area contributed by atoms with Crippen molar-refractivity contribution in [3.63, 3.8) is 0 Å². The van der Waals surface area contributed by atoms with E-state index in [9.17, 15) is 0 Å². The van der Waals surface area contributed by atoms with E-state index in [4.69, 9.17) is 45.6 Å². The molecule has 0 amide bonds. The van der Waals surface area contributed by atoms with Gasteiger partial charge in [0, 0.05) is 26.2 Å². The lowest BCUT2D eigenvalue weighted by Gasteiger charge is -2.39.